The van der Waals surface area contributed by atoms with Gasteiger partial charge in [-0.05, 0) is 32.1 Å². The third-order valence-corrected chi connectivity index (χ3v) is 4.34. The molecule has 2 aliphatic carbocycles. The van der Waals surface area contributed by atoms with Crippen molar-refractivity contribution in [1.82, 2.24) is 4.90 Å². The maximum Gasteiger partial charge on any atom is 0.340 e. The van der Waals surface area contributed by atoms with Crippen LogP contribution in [-0.4, -0.2) is 39.9 Å². The van der Waals surface area contributed by atoms with Crippen LogP contribution >= 0.6 is 0 Å². The fraction of sp³-hybridized carbons (Fsp3) is 0.692. The van der Waals surface area contributed by atoms with E-state index >= 15 is 0 Å². The van der Waals surface area contributed by atoms with Gasteiger partial charge in [-0.2, -0.15) is 0 Å². The highest BCUT2D eigenvalue weighted by Crippen LogP contribution is 2.40. The topological polar surface area (TPSA) is 83.6 Å². The van der Waals surface area contributed by atoms with Gasteiger partial charge in [0.05, 0.1) is 5.92 Å². The molecule has 1 aliphatic heterocycles. The van der Waals surface area contributed by atoms with E-state index in [4.69, 9.17) is 10.8 Å². The number of nitrogens with two attached hydrogens (primary N) is 1. The fourth-order valence-electron chi connectivity index (χ4n) is 3.31. The number of carbonyl (C=O) groups is 2. The first kappa shape index (κ1) is 11.7. The van der Waals surface area contributed by atoms with E-state index in [-0.39, 0.29) is 29.4 Å². The van der Waals surface area contributed by atoms with Gasteiger partial charge in [-0.3, -0.25) is 4.79 Å². The van der Waals surface area contributed by atoms with Crippen molar-refractivity contribution in [3.8, 4) is 0 Å². The van der Waals surface area contributed by atoms with Gasteiger partial charge in [-0.25, -0.2) is 4.79 Å². The summed E-state index contributed by atoms with van der Waals surface area (Å²) in [5.41, 5.74) is 5.97. The van der Waals surface area contributed by atoms with Crippen LogP contribution in [0, 0.1) is 5.92 Å². The number of Topliss-reactive ketones (excluding diaryl/α,β-unsaturated/α-hetero) is 1. The summed E-state index contributed by atoms with van der Waals surface area (Å²) >= 11 is 0. The Morgan fingerprint density at radius 2 is 2.06 bits per heavy atom. The summed E-state index contributed by atoms with van der Waals surface area (Å²) in [5, 5.41) is 9.15. The van der Waals surface area contributed by atoms with Crippen LogP contribution in [0.5, 0.6) is 0 Å². The smallest absolute Gasteiger partial charge is 0.340 e. The molecule has 2 fully saturated rings. The largest absolute Gasteiger partial charge is 0.478 e. The highest BCUT2D eigenvalue weighted by atomic mass is 16.4. The summed E-state index contributed by atoms with van der Waals surface area (Å²) in [5.74, 6) is -1.71. The third-order valence-electron chi connectivity index (χ3n) is 4.34. The van der Waals surface area contributed by atoms with Gasteiger partial charge in [0, 0.05) is 24.3 Å². The van der Waals surface area contributed by atoms with Crippen LogP contribution in [0.25, 0.3) is 0 Å². The Morgan fingerprint density at radius 3 is 2.67 bits per heavy atom. The molecule has 0 aromatic carbocycles. The van der Waals surface area contributed by atoms with Crippen LogP contribution in [0.3, 0.4) is 0 Å². The summed E-state index contributed by atoms with van der Waals surface area (Å²) < 4.78 is 0. The lowest BCUT2D eigenvalue weighted by Crippen LogP contribution is -2.56. The van der Waals surface area contributed by atoms with Gasteiger partial charge in [0.15, 0.2) is 5.78 Å². The standard InChI is InChI=1S/C13H18N2O3/c14-9-2-1-3-10-11(9)12(16)8(13(17)18)6-15(10)7-4-5-7/h6-7,9-11H,1-5,14H2,(H,17,18). The number of carbonyl (C=O) groups excluding carboxylic acids is 1. The van der Waals surface area contributed by atoms with Crippen molar-refractivity contribution in [2.75, 3.05) is 0 Å². The van der Waals surface area contributed by atoms with E-state index < -0.39 is 5.97 Å². The SMILES string of the molecule is NC1CCCC2C1C(=O)C(C(=O)O)=CN2C1CC1. The van der Waals surface area contributed by atoms with Crippen LogP contribution < -0.4 is 5.73 Å². The van der Waals surface area contributed by atoms with Crippen molar-refractivity contribution in [2.24, 2.45) is 11.7 Å². The highest BCUT2D eigenvalue weighted by Gasteiger charge is 2.48. The molecular formula is C13H18N2O3. The van der Waals surface area contributed by atoms with Crippen LogP contribution in [-0.2, 0) is 9.59 Å². The predicted octanol–water partition coefficient (Wildman–Crippen LogP) is 0.498. The number of carboxylic acids is 1. The summed E-state index contributed by atoms with van der Waals surface area (Å²) in [6, 6.07) is 0.350. The van der Waals surface area contributed by atoms with Crippen molar-refractivity contribution < 1.29 is 14.7 Å². The van der Waals surface area contributed by atoms with Gasteiger partial charge in [-0.1, -0.05) is 0 Å². The van der Waals surface area contributed by atoms with E-state index in [0.717, 1.165) is 32.1 Å². The summed E-state index contributed by atoms with van der Waals surface area (Å²) in [6.07, 6.45) is 6.55. The number of hydrogen-bond donors (Lipinski definition) is 2. The minimum atomic E-state index is -1.12. The number of rotatable bonds is 2. The van der Waals surface area contributed by atoms with Gasteiger partial charge in [-0.15, -0.1) is 0 Å². The first-order chi connectivity index (χ1) is 8.59. The predicted molar refractivity (Wildman–Crippen MR) is 64.7 cm³/mol. The molecule has 98 valence electrons. The van der Waals surface area contributed by atoms with E-state index in [1.807, 2.05) is 0 Å². The zero-order chi connectivity index (χ0) is 12.9. The van der Waals surface area contributed by atoms with Crippen molar-refractivity contribution >= 4 is 11.8 Å². The van der Waals surface area contributed by atoms with E-state index in [9.17, 15) is 9.59 Å². The average molecular weight is 250 g/mol. The van der Waals surface area contributed by atoms with E-state index in [1.54, 1.807) is 6.20 Å². The Morgan fingerprint density at radius 1 is 1.33 bits per heavy atom. The molecule has 0 bridgehead atoms. The molecule has 5 nitrogen and oxygen atoms in total. The van der Waals surface area contributed by atoms with E-state index in [1.165, 1.54) is 0 Å². The first-order valence-electron chi connectivity index (χ1n) is 6.62. The maximum atomic E-state index is 12.2. The van der Waals surface area contributed by atoms with Gasteiger partial charge < -0.3 is 15.7 Å². The summed E-state index contributed by atoms with van der Waals surface area (Å²) in [7, 11) is 0. The van der Waals surface area contributed by atoms with Crippen LogP contribution in [0.15, 0.2) is 11.8 Å². The molecule has 0 radical (unpaired) electrons. The number of hydrogen-bond acceptors (Lipinski definition) is 4. The Kier molecular flexibility index (Phi) is 2.66. The number of aliphatic carboxylic acids is 1. The average Bonchev–Trinajstić information content (AvgIpc) is 3.13. The Balaban J connectivity index is 1.99. The second kappa shape index (κ2) is 4.09. The molecule has 3 unspecified atom stereocenters. The van der Waals surface area contributed by atoms with Crippen molar-refractivity contribution in [3.05, 3.63) is 11.8 Å². The minimum Gasteiger partial charge on any atom is -0.478 e. The second-order valence-electron chi connectivity index (χ2n) is 5.58. The molecule has 0 aromatic rings. The number of fused-ring (bicyclic) bond motifs is 1. The second-order valence-corrected chi connectivity index (χ2v) is 5.58. The van der Waals surface area contributed by atoms with Crippen molar-refractivity contribution in [1.29, 1.82) is 0 Å². The lowest BCUT2D eigenvalue weighted by molar-refractivity contribution is -0.137. The molecule has 0 amide bonds. The van der Waals surface area contributed by atoms with Gasteiger partial charge in [0.25, 0.3) is 0 Å². The van der Waals surface area contributed by atoms with Crippen LogP contribution in [0.1, 0.15) is 32.1 Å². The van der Waals surface area contributed by atoms with E-state index in [0.29, 0.717) is 6.04 Å². The van der Waals surface area contributed by atoms with Gasteiger partial charge in [0.1, 0.15) is 5.57 Å². The third kappa shape index (κ3) is 1.73. The van der Waals surface area contributed by atoms with Crippen LogP contribution in [0.2, 0.25) is 0 Å². The molecule has 2 saturated carbocycles. The number of carboxylic acid groups (broad SMARTS) is 1. The Hall–Kier alpha value is -1.36. The lowest BCUT2D eigenvalue weighted by atomic mass is 9.74. The molecule has 0 aromatic heterocycles. The highest BCUT2D eigenvalue weighted by molar-refractivity contribution is 6.18. The van der Waals surface area contributed by atoms with Crippen molar-refractivity contribution in [2.45, 2.75) is 50.2 Å². The molecule has 18 heavy (non-hydrogen) atoms. The zero-order valence-electron chi connectivity index (χ0n) is 10.2. The molecule has 3 N–H and O–H groups in total. The normalized spacial score (nSPS) is 36.1. The maximum absolute atomic E-state index is 12.2. The molecule has 3 rings (SSSR count). The monoisotopic (exact) mass is 250 g/mol. The Bertz CT molecular complexity index is 428. The summed E-state index contributed by atoms with van der Waals surface area (Å²) in [4.78, 5) is 25.5. The number of ketones is 1. The van der Waals surface area contributed by atoms with Gasteiger partial charge in [0.2, 0.25) is 0 Å². The lowest BCUT2D eigenvalue weighted by Gasteiger charge is -2.45. The molecular weight excluding hydrogens is 232 g/mol. The first-order valence-corrected chi connectivity index (χ1v) is 6.62. The fourth-order valence-corrected chi connectivity index (χ4v) is 3.31. The number of nitrogens with zero attached hydrogens (tertiary/aromatic N) is 1. The summed E-state index contributed by atoms with van der Waals surface area (Å²) in [6.45, 7) is 0. The molecule has 3 aliphatic rings. The van der Waals surface area contributed by atoms with Crippen LogP contribution in [0.4, 0.5) is 0 Å². The minimum absolute atomic E-state index is 0.0829. The zero-order valence-corrected chi connectivity index (χ0v) is 10.2. The molecule has 0 saturated heterocycles. The molecule has 1 heterocycles. The Labute approximate surface area is 106 Å². The van der Waals surface area contributed by atoms with Crippen molar-refractivity contribution in [3.63, 3.8) is 0 Å². The molecule has 0 spiro atoms. The molecule has 5 heteroatoms. The molecule has 3 atom stereocenters. The quantitative estimate of drug-likeness (QED) is 0.697. The van der Waals surface area contributed by atoms with E-state index in [2.05, 4.69) is 4.90 Å². The van der Waals surface area contributed by atoms with Gasteiger partial charge >= 0.3 is 5.97 Å².